The fraction of sp³-hybridized carbons (Fsp3) is 0.619. The Balaban J connectivity index is 1.49. The van der Waals surface area contributed by atoms with Crippen molar-refractivity contribution in [2.45, 2.75) is 52.5 Å². The van der Waals surface area contributed by atoms with Gasteiger partial charge in [0.15, 0.2) is 0 Å². The van der Waals surface area contributed by atoms with Gasteiger partial charge in [0, 0.05) is 30.5 Å². The Morgan fingerprint density at radius 3 is 2.35 bits per heavy atom. The van der Waals surface area contributed by atoms with Crippen molar-refractivity contribution >= 4 is 23.2 Å². The van der Waals surface area contributed by atoms with Gasteiger partial charge in [0.05, 0.1) is 11.8 Å². The number of nitrogens with one attached hydrogen (secondary N) is 2. The lowest BCUT2D eigenvalue weighted by atomic mass is 9.99. The first-order valence-corrected chi connectivity index (χ1v) is 9.94. The highest BCUT2D eigenvalue weighted by molar-refractivity contribution is 5.99. The minimum absolute atomic E-state index is 0.00850. The molecule has 3 rings (SSSR count). The molecule has 5 nitrogen and oxygen atoms in total. The van der Waals surface area contributed by atoms with Crippen LogP contribution in [0.1, 0.15) is 46.5 Å². The molecule has 5 heteroatoms. The summed E-state index contributed by atoms with van der Waals surface area (Å²) in [5.74, 6) is 0.415. The van der Waals surface area contributed by atoms with Gasteiger partial charge < -0.3 is 15.5 Å². The first-order chi connectivity index (χ1) is 12.5. The van der Waals surface area contributed by atoms with Gasteiger partial charge in [-0.25, -0.2) is 0 Å². The normalized spacial score (nSPS) is 24.0. The Hall–Kier alpha value is -2.04. The molecule has 1 aliphatic carbocycles. The van der Waals surface area contributed by atoms with Crippen LogP contribution < -0.4 is 15.5 Å². The molecular formula is C21H31N3O2. The average molecular weight is 357 g/mol. The number of benzene rings is 1. The first kappa shape index (κ1) is 18.7. The highest BCUT2D eigenvalue weighted by atomic mass is 16.2. The molecule has 26 heavy (non-hydrogen) atoms. The van der Waals surface area contributed by atoms with Crippen LogP contribution in [0.3, 0.4) is 0 Å². The minimum atomic E-state index is -0.192. The minimum Gasteiger partial charge on any atom is -0.372 e. The second kappa shape index (κ2) is 8.11. The molecule has 1 saturated carbocycles. The largest absolute Gasteiger partial charge is 0.372 e. The van der Waals surface area contributed by atoms with Gasteiger partial charge in [-0.1, -0.05) is 13.8 Å². The quantitative estimate of drug-likeness (QED) is 0.820. The molecule has 2 aliphatic rings. The zero-order valence-corrected chi connectivity index (χ0v) is 16.1. The van der Waals surface area contributed by atoms with Crippen molar-refractivity contribution in [3.8, 4) is 0 Å². The van der Waals surface area contributed by atoms with E-state index in [0.717, 1.165) is 31.1 Å². The zero-order chi connectivity index (χ0) is 18.7. The molecule has 2 fully saturated rings. The zero-order valence-electron chi connectivity index (χ0n) is 16.1. The maximum absolute atomic E-state index is 12.4. The van der Waals surface area contributed by atoms with Crippen LogP contribution in [-0.2, 0) is 9.59 Å². The lowest BCUT2D eigenvalue weighted by Crippen LogP contribution is -2.34. The van der Waals surface area contributed by atoms with Crippen LogP contribution in [0.15, 0.2) is 24.3 Å². The van der Waals surface area contributed by atoms with E-state index < -0.39 is 0 Å². The van der Waals surface area contributed by atoms with E-state index in [-0.39, 0.29) is 29.7 Å². The molecule has 1 aliphatic heterocycles. The summed E-state index contributed by atoms with van der Waals surface area (Å²) >= 11 is 0. The summed E-state index contributed by atoms with van der Waals surface area (Å²) in [6.45, 7) is 8.53. The predicted molar refractivity (Wildman–Crippen MR) is 105 cm³/mol. The SMILES string of the molecule is CCC(C)NC(=O)C1CC1C(=O)Nc1ccc(N2CCC(C)CC2)cc1. The smallest absolute Gasteiger partial charge is 0.228 e. The summed E-state index contributed by atoms with van der Waals surface area (Å²) in [7, 11) is 0. The number of carbonyl (C=O) groups excluding carboxylic acids is 2. The fourth-order valence-corrected chi connectivity index (χ4v) is 3.48. The summed E-state index contributed by atoms with van der Waals surface area (Å²) in [5, 5.41) is 5.92. The van der Waals surface area contributed by atoms with E-state index in [4.69, 9.17) is 0 Å². The van der Waals surface area contributed by atoms with E-state index in [9.17, 15) is 9.59 Å². The van der Waals surface area contributed by atoms with E-state index in [1.807, 2.05) is 26.0 Å². The van der Waals surface area contributed by atoms with E-state index in [1.165, 1.54) is 18.5 Å². The van der Waals surface area contributed by atoms with Gasteiger partial charge in [0.25, 0.3) is 0 Å². The van der Waals surface area contributed by atoms with Crippen LogP contribution in [0, 0.1) is 17.8 Å². The summed E-state index contributed by atoms with van der Waals surface area (Å²) in [6.07, 6.45) is 4.02. The van der Waals surface area contributed by atoms with Crippen LogP contribution in [0.2, 0.25) is 0 Å². The van der Waals surface area contributed by atoms with Gasteiger partial charge in [-0.2, -0.15) is 0 Å². The van der Waals surface area contributed by atoms with Crippen LogP contribution in [0.4, 0.5) is 11.4 Å². The molecule has 2 amide bonds. The lowest BCUT2D eigenvalue weighted by molar-refractivity contribution is -0.125. The van der Waals surface area contributed by atoms with Crippen molar-refractivity contribution in [2.24, 2.45) is 17.8 Å². The molecule has 0 aromatic heterocycles. The van der Waals surface area contributed by atoms with Crippen LogP contribution in [0.25, 0.3) is 0 Å². The number of hydrogen-bond acceptors (Lipinski definition) is 3. The highest BCUT2D eigenvalue weighted by Crippen LogP contribution is 2.39. The Morgan fingerprint density at radius 2 is 1.73 bits per heavy atom. The van der Waals surface area contributed by atoms with Crippen molar-refractivity contribution < 1.29 is 9.59 Å². The fourth-order valence-electron chi connectivity index (χ4n) is 3.48. The van der Waals surface area contributed by atoms with E-state index in [2.05, 4.69) is 34.6 Å². The number of rotatable bonds is 6. The standard InChI is InChI=1S/C21H31N3O2/c1-4-15(3)22-20(25)18-13-19(18)21(26)23-16-5-7-17(8-6-16)24-11-9-14(2)10-12-24/h5-8,14-15,18-19H,4,9-13H2,1-3H3,(H,22,25)(H,23,26). The van der Waals surface area contributed by atoms with Crippen molar-refractivity contribution in [1.29, 1.82) is 0 Å². The number of nitrogens with zero attached hydrogens (tertiary/aromatic N) is 1. The van der Waals surface area contributed by atoms with Crippen molar-refractivity contribution in [1.82, 2.24) is 5.32 Å². The molecular weight excluding hydrogens is 326 g/mol. The van der Waals surface area contributed by atoms with Gasteiger partial charge in [-0.15, -0.1) is 0 Å². The summed E-state index contributed by atoms with van der Waals surface area (Å²) < 4.78 is 0. The molecule has 0 radical (unpaired) electrons. The first-order valence-electron chi connectivity index (χ1n) is 9.94. The monoisotopic (exact) mass is 357 g/mol. The number of carbonyl (C=O) groups is 2. The van der Waals surface area contributed by atoms with Crippen LogP contribution in [0.5, 0.6) is 0 Å². The number of piperidine rings is 1. The van der Waals surface area contributed by atoms with E-state index >= 15 is 0 Å². The Kier molecular flexibility index (Phi) is 5.84. The average Bonchev–Trinajstić information content (AvgIpc) is 3.44. The van der Waals surface area contributed by atoms with Crippen molar-refractivity contribution in [3.63, 3.8) is 0 Å². The Labute approximate surface area is 156 Å². The molecule has 2 N–H and O–H groups in total. The Morgan fingerprint density at radius 1 is 1.12 bits per heavy atom. The molecule has 1 aromatic rings. The maximum atomic E-state index is 12.4. The van der Waals surface area contributed by atoms with E-state index in [1.54, 1.807) is 0 Å². The summed E-state index contributed by atoms with van der Waals surface area (Å²) in [5.41, 5.74) is 2.02. The Bertz CT molecular complexity index is 635. The highest BCUT2D eigenvalue weighted by Gasteiger charge is 2.48. The molecule has 3 unspecified atom stereocenters. The third-order valence-corrected chi connectivity index (χ3v) is 5.75. The predicted octanol–water partition coefficient (Wildman–Crippen LogP) is 3.41. The molecule has 3 atom stereocenters. The summed E-state index contributed by atoms with van der Waals surface area (Å²) in [6, 6.07) is 8.23. The number of amides is 2. The van der Waals surface area contributed by atoms with Crippen molar-refractivity contribution in [2.75, 3.05) is 23.3 Å². The van der Waals surface area contributed by atoms with Gasteiger partial charge in [-0.3, -0.25) is 9.59 Å². The molecule has 0 spiro atoms. The van der Waals surface area contributed by atoms with Gasteiger partial charge >= 0.3 is 0 Å². The third kappa shape index (κ3) is 4.57. The second-order valence-electron chi connectivity index (χ2n) is 7.97. The van der Waals surface area contributed by atoms with Crippen LogP contribution in [-0.4, -0.2) is 30.9 Å². The molecule has 0 bridgehead atoms. The third-order valence-electron chi connectivity index (χ3n) is 5.75. The van der Waals surface area contributed by atoms with Gasteiger partial charge in [0.1, 0.15) is 0 Å². The second-order valence-corrected chi connectivity index (χ2v) is 7.97. The molecule has 1 aromatic carbocycles. The molecule has 142 valence electrons. The van der Waals surface area contributed by atoms with E-state index in [0.29, 0.717) is 6.42 Å². The number of anilines is 2. The maximum Gasteiger partial charge on any atom is 0.228 e. The van der Waals surface area contributed by atoms with Crippen molar-refractivity contribution in [3.05, 3.63) is 24.3 Å². The topological polar surface area (TPSA) is 61.4 Å². The van der Waals surface area contributed by atoms with Gasteiger partial charge in [-0.05, 0) is 62.8 Å². The summed E-state index contributed by atoms with van der Waals surface area (Å²) in [4.78, 5) is 26.9. The lowest BCUT2D eigenvalue weighted by Gasteiger charge is -2.32. The number of hydrogen-bond donors (Lipinski definition) is 2. The molecule has 1 saturated heterocycles. The van der Waals surface area contributed by atoms with Crippen LogP contribution >= 0.6 is 0 Å². The van der Waals surface area contributed by atoms with Gasteiger partial charge in [0.2, 0.25) is 11.8 Å². The molecule has 1 heterocycles.